The minimum atomic E-state index is -0.330. The van der Waals surface area contributed by atoms with E-state index >= 15 is 0 Å². The Labute approximate surface area is 66.4 Å². The molecule has 1 N–H and O–H groups in total. The molecule has 0 fully saturated rings. The molecule has 66 valence electrons. The molecule has 2 unspecified atom stereocenters. The Bertz CT molecular complexity index is 123. The number of nitrogens with zero attached hydrogens (tertiary/aromatic N) is 1. The number of aliphatic hydroxyl groups excluding tert-OH is 1. The highest BCUT2D eigenvalue weighted by Crippen LogP contribution is 2.14. The topological polar surface area (TPSA) is 63.4 Å². The van der Waals surface area contributed by atoms with Gasteiger partial charge < -0.3 is 5.11 Å². The zero-order chi connectivity index (χ0) is 8.85. The standard InChI is InChI=1S/C7H15NO3/c1-3-7(5-9)6(2)4-8(10)11/h6-7,9H,3-5H2,1-2H3. The molecule has 4 heteroatoms. The van der Waals surface area contributed by atoms with Gasteiger partial charge in [0.2, 0.25) is 6.54 Å². The summed E-state index contributed by atoms with van der Waals surface area (Å²) in [4.78, 5) is 9.74. The molecule has 0 aromatic heterocycles. The maximum atomic E-state index is 10.1. The van der Waals surface area contributed by atoms with Gasteiger partial charge in [-0.3, -0.25) is 10.1 Å². The molecule has 0 aromatic rings. The number of rotatable bonds is 5. The van der Waals surface area contributed by atoms with Crippen molar-refractivity contribution in [2.45, 2.75) is 20.3 Å². The summed E-state index contributed by atoms with van der Waals surface area (Å²) < 4.78 is 0. The first kappa shape index (κ1) is 10.4. The van der Waals surface area contributed by atoms with Crippen LogP contribution in [-0.2, 0) is 0 Å². The molecule has 0 bridgehead atoms. The summed E-state index contributed by atoms with van der Waals surface area (Å²) in [6, 6.07) is 0. The largest absolute Gasteiger partial charge is 0.396 e. The molecule has 0 radical (unpaired) electrons. The molecule has 0 heterocycles. The fourth-order valence-electron chi connectivity index (χ4n) is 1.10. The smallest absolute Gasteiger partial charge is 0.206 e. The van der Waals surface area contributed by atoms with E-state index in [1.807, 2.05) is 6.92 Å². The summed E-state index contributed by atoms with van der Waals surface area (Å²) in [7, 11) is 0. The Morgan fingerprint density at radius 1 is 1.64 bits per heavy atom. The lowest BCUT2D eigenvalue weighted by Gasteiger charge is -2.15. The van der Waals surface area contributed by atoms with E-state index in [0.717, 1.165) is 6.42 Å². The molecule has 11 heavy (non-hydrogen) atoms. The summed E-state index contributed by atoms with van der Waals surface area (Å²) in [5.74, 6) is 0.0420. The summed E-state index contributed by atoms with van der Waals surface area (Å²) in [5.41, 5.74) is 0. The molecule has 0 saturated heterocycles. The molecule has 0 aromatic carbocycles. The number of nitro groups is 1. The first-order chi connectivity index (χ1) is 5.11. The van der Waals surface area contributed by atoms with Crippen LogP contribution in [0.15, 0.2) is 0 Å². The van der Waals surface area contributed by atoms with E-state index < -0.39 is 0 Å². The summed E-state index contributed by atoms with van der Waals surface area (Å²) in [6.07, 6.45) is 0.797. The predicted molar refractivity (Wildman–Crippen MR) is 41.9 cm³/mol. The van der Waals surface area contributed by atoms with Crippen LogP contribution in [0, 0.1) is 22.0 Å². The molecule has 0 aliphatic rings. The van der Waals surface area contributed by atoms with Crippen LogP contribution < -0.4 is 0 Å². The quantitative estimate of drug-likeness (QED) is 0.481. The van der Waals surface area contributed by atoms with Gasteiger partial charge in [-0.15, -0.1) is 0 Å². The molecule has 0 saturated carbocycles. The van der Waals surface area contributed by atoms with Crippen molar-refractivity contribution < 1.29 is 10.0 Å². The second kappa shape index (κ2) is 5.07. The first-order valence-electron chi connectivity index (χ1n) is 3.84. The minimum Gasteiger partial charge on any atom is -0.396 e. The second-order valence-corrected chi connectivity index (χ2v) is 2.84. The minimum absolute atomic E-state index is 0.0278. The van der Waals surface area contributed by atoms with Gasteiger partial charge in [-0.2, -0.15) is 0 Å². The Hall–Kier alpha value is -0.640. The summed E-state index contributed by atoms with van der Waals surface area (Å²) >= 11 is 0. The molecule has 2 atom stereocenters. The van der Waals surface area contributed by atoms with Gasteiger partial charge in [-0.05, 0) is 5.92 Å². The van der Waals surface area contributed by atoms with Gasteiger partial charge >= 0.3 is 0 Å². The van der Waals surface area contributed by atoms with Crippen LogP contribution in [0.1, 0.15) is 20.3 Å². The normalized spacial score (nSPS) is 15.9. The highest BCUT2D eigenvalue weighted by atomic mass is 16.6. The third-order valence-electron chi connectivity index (χ3n) is 2.00. The molecule has 0 spiro atoms. The van der Waals surface area contributed by atoms with E-state index in [0.29, 0.717) is 0 Å². The van der Waals surface area contributed by atoms with Crippen molar-refractivity contribution in [2.24, 2.45) is 11.8 Å². The molecular formula is C7H15NO3. The number of hydrogen-bond donors (Lipinski definition) is 1. The van der Waals surface area contributed by atoms with Crippen LogP contribution in [0.25, 0.3) is 0 Å². The van der Waals surface area contributed by atoms with Crippen molar-refractivity contribution in [3.63, 3.8) is 0 Å². The van der Waals surface area contributed by atoms with Gasteiger partial charge in [0.05, 0.1) is 0 Å². The Morgan fingerprint density at radius 2 is 2.18 bits per heavy atom. The monoisotopic (exact) mass is 161 g/mol. The van der Waals surface area contributed by atoms with Crippen molar-refractivity contribution in [2.75, 3.05) is 13.2 Å². The average Bonchev–Trinajstić information content (AvgIpc) is 1.88. The van der Waals surface area contributed by atoms with Gasteiger partial charge in [0.1, 0.15) is 0 Å². The van der Waals surface area contributed by atoms with Crippen LogP contribution in [0.3, 0.4) is 0 Å². The maximum Gasteiger partial charge on any atom is 0.206 e. The van der Waals surface area contributed by atoms with Gasteiger partial charge in [-0.25, -0.2) is 0 Å². The highest BCUT2D eigenvalue weighted by molar-refractivity contribution is 4.62. The van der Waals surface area contributed by atoms with Gasteiger partial charge in [0.15, 0.2) is 0 Å². The van der Waals surface area contributed by atoms with Crippen LogP contribution >= 0.6 is 0 Å². The lowest BCUT2D eigenvalue weighted by Crippen LogP contribution is -2.22. The van der Waals surface area contributed by atoms with E-state index in [2.05, 4.69) is 0 Å². The molecule has 0 amide bonds. The van der Waals surface area contributed by atoms with E-state index in [1.165, 1.54) is 0 Å². The first-order valence-corrected chi connectivity index (χ1v) is 3.84. The van der Waals surface area contributed by atoms with Crippen molar-refractivity contribution in [1.29, 1.82) is 0 Å². The van der Waals surface area contributed by atoms with Crippen molar-refractivity contribution in [3.05, 3.63) is 10.1 Å². The highest BCUT2D eigenvalue weighted by Gasteiger charge is 2.18. The lowest BCUT2D eigenvalue weighted by atomic mass is 9.93. The van der Waals surface area contributed by atoms with E-state index in [1.54, 1.807) is 6.92 Å². The van der Waals surface area contributed by atoms with E-state index in [9.17, 15) is 10.1 Å². The van der Waals surface area contributed by atoms with Crippen LogP contribution in [-0.4, -0.2) is 23.2 Å². The second-order valence-electron chi connectivity index (χ2n) is 2.84. The number of aliphatic hydroxyl groups is 1. The third-order valence-corrected chi connectivity index (χ3v) is 2.00. The lowest BCUT2D eigenvalue weighted by molar-refractivity contribution is -0.489. The Kier molecular flexibility index (Phi) is 4.77. The van der Waals surface area contributed by atoms with Crippen LogP contribution in [0.4, 0.5) is 0 Å². The molecular weight excluding hydrogens is 146 g/mol. The summed E-state index contributed by atoms with van der Waals surface area (Å²) in [5, 5.41) is 18.9. The van der Waals surface area contributed by atoms with Gasteiger partial charge in [0, 0.05) is 17.4 Å². The fourth-order valence-corrected chi connectivity index (χ4v) is 1.10. The molecule has 0 aliphatic carbocycles. The number of hydrogen-bond acceptors (Lipinski definition) is 3. The Balaban J connectivity index is 3.78. The van der Waals surface area contributed by atoms with Gasteiger partial charge in [-0.1, -0.05) is 20.3 Å². The van der Waals surface area contributed by atoms with Crippen molar-refractivity contribution in [3.8, 4) is 0 Å². The van der Waals surface area contributed by atoms with E-state index in [-0.39, 0.29) is 29.9 Å². The van der Waals surface area contributed by atoms with Crippen molar-refractivity contribution >= 4 is 0 Å². The molecule has 4 nitrogen and oxygen atoms in total. The maximum absolute atomic E-state index is 10.1. The predicted octanol–water partition coefficient (Wildman–Crippen LogP) is 0.918. The molecule has 0 aliphatic heterocycles. The zero-order valence-corrected chi connectivity index (χ0v) is 6.99. The van der Waals surface area contributed by atoms with Gasteiger partial charge in [0.25, 0.3) is 0 Å². The third kappa shape index (κ3) is 3.93. The van der Waals surface area contributed by atoms with Crippen molar-refractivity contribution in [1.82, 2.24) is 0 Å². The SMILES string of the molecule is CCC(CO)C(C)C[N+](=O)[O-]. The Morgan fingerprint density at radius 3 is 2.45 bits per heavy atom. The molecule has 0 rings (SSSR count). The zero-order valence-electron chi connectivity index (χ0n) is 6.99. The fraction of sp³-hybridized carbons (Fsp3) is 1.00. The van der Waals surface area contributed by atoms with E-state index in [4.69, 9.17) is 5.11 Å². The van der Waals surface area contributed by atoms with Crippen LogP contribution in [0.2, 0.25) is 0 Å². The average molecular weight is 161 g/mol. The van der Waals surface area contributed by atoms with Crippen LogP contribution in [0.5, 0.6) is 0 Å². The summed E-state index contributed by atoms with van der Waals surface area (Å²) in [6.45, 7) is 3.73.